The van der Waals surface area contributed by atoms with E-state index in [9.17, 15) is 38.4 Å². The Balaban J connectivity index is 0.000000166. The molecule has 666 valence electrons. The molecule has 13 atom stereocenters. The summed E-state index contributed by atoms with van der Waals surface area (Å²) in [7, 11) is 0. The average molecular weight is 1620 g/mol. The van der Waals surface area contributed by atoms with Crippen molar-refractivity contribution in [2.45, 2.75) is 439 Å². The zero-order valence-electron chi connectivity index (χ0n) is 78.7. The van der Waals surface area contributed by atoms with Gasteiger partial charge in [-0.2, -0.15) is 0 Å². The van der Waals surface area contributed by atoms with Gasteiger partial charge in [-0.25, -0.2) is 0 Å². The van der Waals surface area contributed by atoms with Crippen LogP contribution in [0.1, 0.15) is 391 Å². The fraction of sp³-hybridized carbons (Fsp3) is 0.920. The molecule has 16 heteroatoms. The van der Waals surface area contributed by atoms with Gasteiger partial charge in [0.05, 0.1) is 0 Å². The van der Waals surface area contributed by atoms with Gasteiger partial charge in [-0.05, 0) is 272 Å². The second-order valence-electron chi connectivity index (χ2n) is 45.8. The number of carbonyl (C=O) groups excluding carboxylic acids is 8. The van der Waals surface area contributed by atoms with E-state index < -0.39 is 0 Å². The molecule has 0 saturated heterocycles. The Labute approximate surface area is 709 Å². The molecule has 0 heterocycles. The summed E-state index contributed by atoms with van der Waals surface area (Å²) < 4.78 is 0. The summed E-state index contributed by atoms with van der Waals surface area (Å²) >= 11 is 0. The van der Waals surface area contributed by atoms with E-state index >= 15 is 0 Å². The van der Waals surface area contributed by atoms with Crippen molar-refractivity contribution in [1.29, 1.82) is 0 Å². The maximum absolute atomic E-state index is 12.0. The minimum absolute atomic E-state index is 0.0925. The first-order chi connectivity index (χ1) is 54.3. The highest BCUT2D eigenvalue weighted by molar-refractivity contribution is 5.81. The van der Waals surface area contributed by atoms with Crippen LogP contribution in [0.2, 0.25) is 0 Å². The number of fused-ring (bicyclic) bond motifs is 12. The Morgan fingerprint density at radius 2 is 0.621 bits per heavy atom. The van der Waals surface area contributed by atoms with Crippen LogP contribution in [0.25, 0.3) is 0 Å². The zero-order valence-corrected chi connectivity index (χ0v) is 78.7. The minimum Gasteiger partial charge on any atom is -0.353 e. The van der Waals surface area contributed by atoms with E-state index in [4.69, 9.17) is 0 Å². The molecule has 8 amide bonds. The second kappa shape index (κ2) is 42.7. The van der Waals surface area contributed by atoms with Gasteiger partial charge >= 0.3 is 0 Å². The van der Waals surface area contributed by atoms with Crippen molar-refractivity contribution in [3.8, 4) is 0 Å². The smallest absolute Gasteiger partial charge is 0.222 e. The lowest BCUT2D eigenvalue weighted by Crippen LogP contribution is -2.63. The Morgan fingerprint density at radius 3 is 1.03 bits per heavy atom. The van der Waals surface area contributed by atoms with Crippen molar-refractivity contribution in [2.24, 2.45) is 146 Å². The van der Waals surface area contributed by atoms with Gasteiger partial charge in [-0.3, -0.25) is 38.4 Å². The molecule has 18 rings (SSSR count). The third-order valence-corrected chi connectivity index (χ3v) is 32.7. The van der Waals surface area contributed by atoms with Crippen LogP contribution < -0.4 is 42.5 Å². The first-order valence-corrected chi connectivity index (χ1v) is 48.8. The Morgan fingerprint density at radius 1 is 0.276 bits per heavy atom. The molecule has 14 bridgehead atoms. The quantitative estimate of drug-likeness (QED) is 0.0739. The molecule has 18 aliphatic carbocycles. The molecule has 16 nitrogen and oxygen atoms in total. The third kappa shape index (κ3) is 26.4. The standard InChI is InChI=1S/C15H27NO.C14H23NO.C14H25NO.2C12H21NO.C12H23NO.C11H19NO.C10H19NO/c1-10(2)12(17)16-13-14(3,4)11-6-8-15(13,5)9-7-11;1-9(2)13(16)15-14-6-10-3-11(7-14)5-12(4-10)8-14;1-9(2)11(16)15-12-13(3,4)10-6-7-14(12,5)8-10;1-8(2)12(14)13-11-6-4-9-3-5-10(11)7-9;1-8(2)12(14)13-11-7-9-3-5-10(11)6-4-9;1-8(2)12(14)13-11-9(3)6-5-7-10(11)4;1-7(2)11(13)12-10-6-8-3-4-9(10)5-8;1-8(2)10(12)11-9-6-4-3-5-7-9/h10-11,13H,6-9H2,1-5H3,(H,16,17);9-12H,3-8H2,1-2H3,(H,15,16);9-10,12H,6-8H2,1-5H3,(H,15,16);2*8-11H,3-7H2,1-2H3,(H,13,14);8-11H,5-7H2,1-4H3,(H,13,14);7-10H,3-6H2,1-2H3,(H,12,13);8-9H,3-7H2,1-2H3,(H,11,12). The van der Waals surface area contributed by atoms with Crippen LogP contribution in [0.15, 0.2) is 0 Å². The lowest BCUT2D eigenvalue weighted by molar-refractivity contribution is -0.133. The van der Waals surface area contributed by atoms with Gasteiger partial charge in [0.1, 0.15) is 0 Å². The summed E-state index contributed by atoms with van der Waals surface area (Å²) in [6.07, 6.45) is 46.1. The van der Waals surface area contributed by atoms with Gasteiger partial charge in [-0.15, -0.1) is 0 Å². The summed E-state index contributed by atoms with van der Waals surface area (Å²) in [6, 6.07) is 3.09. The van der Waals surface area contributed by atoms with Gasteiger partial charge in [0.15, 0.2) is 0 Å². The lowest BCUT2D eigenvalue weighted by Gasteiger charge is -2.60. The Kier molecular flexibility index (Phi) is 35.8. The van der Waals surface area contributed by atoms with Crippen LogP contribution in [-0.4, -0.2) is 95.1 Å². The first-order valence-electron chi connectivity index (χ1n) is 48.8. The SMILES string of the molecule is CC(C)C(=O)NC12CC3CC(CC(C3)C1)C2.CC(C)C(=O)NC1C(C)CCCC1C.CC(C)C(=O)NC1C2(C)CCC(C2)C1(C)C.CC(C)C(=O)NC1C2(C)CCC(CC2)C1(C)C.CC(C)C(=O)NC1CC2CCC1C2.CC(C)C(=O)NC1CC2CCC1CC2.CC(C)C(=O)NC1CCC2CCC1C2.CC(C)C(=O)NC1CCCCC1. The summed E-state index contributed by atoms with van der Waals surface area (Å²) in [5, 5.41) is 25.9. The van der Waals surface area contributed by atoms with Gasteiger partial charge in [-0.1, -0.05) is 218 Å². The van der Waals surface area contributed by atoms with Crippen LogP contribution in [0, 0.1) is 146 Å². The number of rotatable bonds is 16. The van der Waals surface area contributed by atoms with Crippen LogP contribution >= 0.6 is 0 Å². The predicted octanol–water partition coefficient (Wildman–Crippen LogP) is 20.4. The number of hydrogen-bond donors (Lipinski definition) is 8. The molecule has 0 aliphatic heterocycles. The van der Waals surface area contributed by atoms with E-state index in [-0.39, 0.29) is 111 Å². The van der Waals surface area contributed by atoms with E-state index in [1.807, 2.05) is 111 Å². The van der Waals surface area contributed by atoms with Gasteiger partial charge < -0.3 is 42.5 Å². The minimum atomic E-state index is 0.0925. The summed E-state index contributed by atoms with van der Waals surface area (Å²) in [5.41, 5.74) is 1.41. The normalized spacial score (nSPS) is 36.4. The number of hydrogen-bond acceptors (Lipinski definition) is 8. The van der Waals surface area contributed by atoms with Crippen molar-refractivity contribution in [1.82, 2.24) is 42.5 Å². The molecule has 0 aromatic carbocycles. The van der Waals surface area contributed by atoms with Crippen molar-refractivity contribution in [3.63, 3.8) is 0 Å². The van der Waals surface area contributed by atoms with Gasteiger partial charge in [0, 0.05) is 95.2 Å². The van der Waals surface area contributed by atoms with Crippen LogP contribution in [0.4, 0.5) is 0 Å². The molecule has 116 heavy (non-hydrogen) atoms. The highest BCUT2D eigenvalue weighted by atomic mass is 16.2. The molecule has 0 aromatic rings. The predicted molar refractivity (Wildman–Crippen MR) is 475 cm³/mol. The molecule has 18 fully saturated rings. The zero-order chi connectivity index (χ0) is 85.7. The van der Waals surface area contributed by atoms with E-state index in [1.54, 1.807) is 0 Å². The van der Waals surface area contributed by atoms with Gasteiger partial charge in [0.25, 0.3) is 0 Å². The lowest BCUT2D eigenvalue weighted by atomic mass is 9.48. The van der Waals surface area contributed by atoms with Crippen molar-refractivity contribution in [2.75, 3.05) is 0 Å². The van der Waals surface area contributed by atoms with E-state index in [0.717, 1.165) is 65.1 Å². The maximum atomic E-state index is 12.0. The molecule has 0 spiro atoms. The molecular weight excluding hydrogens is 1440 g/mol. The number of nitrogens with one attached hydrogen (secondary N) is 8. The molecular formula is C100H178N8O8. The van der Waals surface area contributed by atoms with Crippen LogP contribution in [-0.2, 0) is 38.4 Å². The molecule has 18 saturated carbocycles. The largest absolute Gasteiger partial charge is 0.353 e. The molecule has 13 unspecified atom stereocenters. The van der Waals surface area contributed by atoms with E-state index in [2.05, 4.69) is 97.9 Å². The summed E-state index contributed by atoms with van der Waals surface area (Å²) in [6.45, 7) is 50.0. The number of amides is 8. The van der Waals surface area contributed by atoms with Crippen LogP contribution in [0.5, 0.6) is 0 Å². The Bertz CT molecular complexity index is 3070. The number of carbonyl (C=O) groups is 8. The summed E-state index contributed by atoms with van der Waals surface area (Å²) in [4.78, 5) is 93.3. The average Bonchev–Trinajstić information content (AvgIpc) is 1.21. The van der Waals surface area contributed by atoms with Gasteiger partial charge in [0.2, 0.25) is 47.3 Å². The van der Waals surface area contributed by atoms with Crippen molar-refractivity contribution >= 4 is 47.3 Å². The van der Waals surface area contributed by atoms with Crippen LogP contribution in [0.3, 0.4) is 0 Å². The fourth-order valence-corrected chi connectivity index (χ4v) is 25.3. The summed E-state index contributed by atoms with van der Waals surface area (Å²) in [5.74, 6) is 13.6. The molecule has 8 N–H and O–H groups in total. The Hall–Kier alpha value is -4.24. The fourth-order valence-electron chi connectivity index (χ4n) is 25.3. The second-order valence-corrected chi connectivity index (χ2v) is 45.8. The van der Waals surface area contributed by atoms with Crippen molar-refractivity contribution in [3.05, 3.63) is 0 Å². The first kappa shape index (κ1) is 97.2. The van der Waals surface area contributed by atoms with Crippen molar-refractivity contribution < 1.29 is 38.4 Å². The van der Waals surface area contributed by atoms with E-state index in [0.29, 0.717) is 65.0 Å². The molecule has 0 aromatic heterocycles. The molecule has 18 aliphatic rings. The molecule has 0 radical (unpaired) electrons. The van der Waals surface area contributed by atoms with E-state index in [1.165, 1.54) is 225 Å². The highest BCUT2D eigenvalue weighted by Gasteiger charge is 2.60. The highest BCUT2D eigenvalue weighted by Crippen LogP contribution is 2.63. The monoisotopic (exact) mass is 1620 g/mol. The topological polar surface area (TPSA) is 233 Å². The third-order valence-electron chi connectivity index (χ3n) is 32.7. The maximum Gasteiger partial charge on any atom is 0.222 e.